The van der Waals surface area contributed by atoms with Crippen LogP contribution in [0, 0.1) is 11.3 Å². The van der Waals surface area contributed by atoms with Gasteiger partial charge < -0.3 is 5.73 Å². The molecule has 0 atom stereocenters. The minimum absolute atomic E-state index is 0.0654. The van der Waals surface area contributed by atoms with Crippen molar-refractivity contribution in [3.8, 4) is 6.07 Å². The summed E-state index contributed by atoms with van der Waals surface area (Å²) in [5.74, 6) is 0. The molecule has 0 amide bonds. The molecule has 0 unspecified atom stereocenters. The van der Waals surface area contributed by atoms with E-state index in [0.717, 1.165) is 6.20 Å². The summed E-state index contributed by atoms with van der Waals surface area (Å²) in [6.45, 7) is 0. The Morgan fingerprint density at radius 1 is 1.30 bits per heavy atom. The van der Waals surface area contributed by atoms with Crippen LogP contribution in [0.4, 0.5) is 11.4 Å². The molecule has 0 spiro atoms. The number of hydrogen-bond donors (Lipinski definition) is 2. The number of hydrogen-bond acceptors (Lipinski definition) is 5. The van der Waals surface area contributed by atoms with E-state index < -0.39 is 10.0 Å². The van der Waals surface area contributed by atoms with E-state index in [4.69, 9.17) is 22.6 Å². The molecule has 1 aromatic carbocycles. The first-order valence-electron chi connectivity index (χ1n) is 5.36. The number of sulfonamides is 1. The molecule has 0 saturated carbocycles. The number of nitrogen functional groups attached to an aromatic ring is 1. The third kappa shape index (κ3) is 2.99. The Morgan fingerprint density at radius 3 is 2.60 bits per heavy atom. The number of nitrogens with one attached hydrogen (secondary N) is 1. The lowest BCUT2D eigenvalue weighted by Crippen LogP contribution is -2.13. The van der Waals surface area contributed by atoms with Crippen molar-refractivity contribution in [2.24, 2.45) is 0 Å². The first kappa shape index (κ1) is 14.1. The molecule has 20 heavy (non-hydrogen) atoms. The molecule has 0 fully saturated rings. The van der Waals surface area contributed by atoms with Crippen molar-refractivity contribution in [1.29, 1.82) is 5.26 Å². The van der Waals surface area contributed by atoms with Crippen molar-refractivity contribution in [2.45, 2.75) is 4.90 Å². The van der Waals surface area contributed by atoms with Gasteiger partial charge in [0, 0.05) is 11.9 Å². The first-order chi connectivity index (χ1) is 9.42. The summed E-state index contributed by atoms with van der Waals surface area (Å²) in [6, 6.07) is 8.85. The lowest BCUT2D eigenvalue weighted by molar-refractivity contribution is 0.601. The van der Waals surface area contributed by atoms with Crippen LogP contribution in [0.5, 0.6) is 0 Å². The first-order valence-corrected chi connectivity index (χ1v) is 7.22. The average Bonchev–Trinajstić information content (AvgIpc) is 2.42. The number of rotatable bonds is 3. The van der Waals surface area contributed by atoms with Crippen LogP contribution in [0.3, 0.4) is 0 Å². The highest BCUT2D eigenvalue weighted by Crippen LogP contribution is 2.26. The van der Waals surface area contributed by atoms with Gasteiger partial charge in [0.2, 0.25) is 0 Å². The Kier molecular flexibility index (Phi) is 3.79. The van der Waals surface area contributed by atoms with Gasteiger partial charge in [0.15, 0.2) is 0 Å². The fraction of sp³-hybridized carbons (Fsp3) is 0. The average molecular weight is 309 g/mol. The van der Waals surface area contributed by atoms with Crippen LogP contribution in [0.2, 0.25) is 5.02 Å². The van der Waals surface area contributed by atoms with Gasteiger partial charge in [-0.15, -0.1) is 0 Å². The van der Waals surface area contributed by atoms with Crippen molar-refractivity contribution in [3.05, 3.63) is 47.2 Å². The maximum atomic E-state index is 12.1. The lowest BCUT2D eigenvalue weighted by Gasteiger charge is -2.09. The minimum atomic E-state index is -3.82. The van der Waals surface area contributed by atoms with Gasteiger partial charge in [-0.2, -0.15) is 5.26 Å². The van der Waals surface area contributed by atoms with Crippen molar-refractivity contribution >= 4 is 33.0 Å². The fourth-order valence-corrected chi connectivity index (χ4v) is 2.74. The molecule has 6 nitrogen and oxygen atoms in total. The molecule has 3 N–H and O–H groups in total. The SMILES string of the molecule is N#Cc1ccc(S(=O)(=O)Nc2ccc(N)cc2Cl)cn1. The van der Waals surface area contributed by atoms with Gasteiger partial charge in [0.25, 0.3) is 10.0 Å². The number of aromatic nitrogens is 1. The molecule has 102 valence electrons. The normalized spacial score (nSPS) is 10.8. The Hall–Kier alpha value is -2.30. The zero-order chi connectivity index (χ0) is 14.8. The second-order valence-electron chi connectivity index (χ2n) is 3.84. The molecule has 0 aliphatic heterocycles. The van der Waals surface area contributed by atoms with E-state index in [1.165, 1.54) is 30.3 Å². The van der Waals surface area contributed by atoms with E-state index in [9.17, 15) is 8.42 Å². The second kappa shape index (κ2) is 5.36. The summed E-state index contributed by atoms with van der Waals surface area (Å²) in [7, 11) is -3.82. The number of nitrogens with two attached hydrogens (primary N) is 1. The standard InChI is InChI=1S/C12H9ClN4O2S/c13-11-5-8(15)1-4-12(11)17-20(18,19)10-3-2-9(6-14)16-7-10/h1-5,7,17H,15H2. The van der Waals surface area contributed by atoms with Crippen LogP contribution in [0.15, 0.2) is 41.4 Å². The molecule has 0 aliphatic rings. The summed E-state index contributed by atoms with van der Waals surface area (Å²) >= 11 is 5.91. The summed E-state index contributed by atoms with van der Waals surface area (Å²) in [5, 5.41) is 8.81. The van der Waals surface area contributed by atoms with E-state index in [0.29, 0.717) is 5.69 Å². The summed E-state index contributed by atoms with van der Waals surface area (Å²) in [6.07, 6.45) is 1.10. The second-order valence-corrected chi connectivity index (χ2v) is 5.93. The molecule has 1 aromatic heterocycles. The number of nitriles is 1. The Bertz CT molecular complexity index is 782. The van der Waals surface area contributed by atoms with E-state index in [2.05, 4.69) is 9.71 Å². The molecule has 8 heteroatoms. The van der Waals surface area contributed by atoms with Crippen LogP contribution in [-0.4, -0.2) is 13.4 Å². The maximum absolute atomic E-state index is 12.1. The van der Waals surface area contributed by atoms with Crippen LogP contribution < -0.4 is 10.5 Å². The van der Waals surface area contributed by atoms with Crippen LogP contribution in [0.1, 0.15) is 5.69 Å². The van der Waals surface area contributed by atoms with E-state index in [1.54, 1.807) is 0 Å². The highest BCUT2D eigenvalue weighted by Gasteiger charge is 2.16. The van der Waals surface area contributed by atoms with E-state index >= 15 is 0 Å². The molecule has 0 aliphatic carbocycles. The van der Waals surface area contributed by atoms with Crippen LogP contribution in [-0.2, 0) is 10.0 Å². The summed E-state index contributed by atoms with van der Waals surface area (Å²) in [4.78, 5) is 3.64. The van der Waals surface area contributed by atoms with Crippen molar-refractivity contribution in [3.63, 3.8) is 0 Å². The number of pyridine rings is 1. The smallest absolute Gasteiger partial charge is 0.263 e. The highest BCUT2D eigenvalue weighted by molar-refractivity contribution is 7.92. The van der Waals surface area contributed by atoms with Crippen molar-refractivity contribution < 1.29 is 8.42 Å². The number of anilines is 2. The molecule has 0 bridgehead atoms. The topological polar surface area (TPSA) is 109 Å². The third-order valence-corrected chi connectivity index (χ3v) is 4.06. The number of halogens is 1. The van der Waals surface area contributed by atoms with Crippen LogP contribution >= 0.6 is 11.6 Å². The molecule has 2 rings (SSSR count). The van der Waals surface area contributed by atoms with E-state index in [-0.39, 0.29) is 21.3 Å². The molecular weight excluding hydrogens is 300 g/mol. The van der Waals surface area contributed by atoms with Crippen molar-refractivity contribution in [1.82, 2.24) is 4.98 Å². The zero-order valence-electron chi connectivity index (χ0n) is 10.0. The Labute approximate surface area is 120 Å². The number of benzene rings is 1. The quantitative estimate of drug-likeness (QED) is 0.843. The zero-order valence-corrected chi connectivity index (χ0v) is 11.6. The summed E-state index contributed by atoms with van der Waals surface area (Å²) < 4.78 is 26.6. The Morgan fingerprint density at radius 2 is 2.05 bits per heavy atom. The van der Waals surface area contributed by atoms with Gasteiger partial charge in [-0.25, -0.2) is 13.4 Å². The van der Waals surface area contributed by atoms with Gasteiger partial charge in [-0.1, -0.05) is 11.6 Å². The maximum Gasteiger partial charge on any atom is 0.263 e. The molecule has 1 heterocycles. The van der Waals surface area contributed by atoms with Crippen molar-refractivity contribution in [2.75, 3.05) is 10.5 Å². The summed E-state index contributed by atoms with van der Waals surface area (Å²) in [5.41, 5.74) is 6.31. The molecule has 2 aromatic rings. The van der Waals surface area contributed by atoms with Gasteiger partial charge in [-0.3, -0.25) is 4.72 Å². The fourth-order valence-electron chi connectivity index (χ4n) is 1.42. The highest BCUT2D eigenvalue weighted by atomic mass is 35.5. The Balaban J connectivity index is 2.33. The predicted octanol–water partition coefficient (Wildman–Crippen LogP) is 1.99. The lowest BCUT2D eigenvalue weighted by atomic mass is 10.3. The predicted molar refractivity (Wildman–Crippen MR) is 75.6 cm³/mol. The van der Waals surface area contributed by atoms with Gasteiger partial charge in [-0.05, 0) is 30.3 Å². The minimum Gasteiger partial charge on any atom is -0.399 e. The third-order valence-electron chi connectivity index (χ3n) is 2.40. The van der Waals surface area contributed by atoms with E-state index in [1.807, 2.05) is 6.07 Å². The van der Waals surface area contributed by atoms with Crippen LogP contribution in [0.25, 0.3) is 0 Å². The molecule has 0 radical (unpaired) electrons. The van der Waals surface area contributed by atoms with Gasteiger partial charge >= 0.3 is 0 Å². The largest absolute Gasteiger partial charge is 0.399 e. The van der Waals surface area contributed by atoms with Gasteiger partial charge in [0.05, 0.1) is 10.7 Å². The van der Waals surface area contributed by atoms with Gasteiger partial charge in [0.1, 0.15) is 16.7 Å². The number of nitrogens with zero attached hydrogens (tertiary/aromatic N) is 2. The molecule has 0 saturated heterocycles. The molecular formula is C12H9ClN4O2S. The monoisotopic (exact) mass is 308 g/mol.